The average molecular weight is 157 g/mol. The molecule has 1 saturated heterocycles. The number of nitrogens with one attached hydrogen (secondary N) is 1. The van der Waals surface area contributed by atoms with Crippen molar-refractivity contribution in [1.82, 2.24) is 5.32 Å². The van der Waals surface area contributed by atoms with Gasteiger partial charge in [-0.2, -0.15) is 0 Å². The van der Waals surface area contributed by atoms with E-state index < -0.39 is 0 Å². The Kier molecular flexibility index (Phi) is 3.34. The minimum absolute atomic E-state index is 0.352. The summed E-state index contributed by atoms with van der Waals surface area (Å²) in [5.74, 6) is 1.25. The summed E-state index contributed by atoms with van der Waals surface area (Å²) in [6.45, 7) is 5.90. The second-order valence-corrected chi connectivity index (χ2v) is 3.92. The van der Waals surface area contributed by atoms with E-state index in [0.717, 1.165) is 18.9 Å². The quantitative estimate of drug-likeness (QED) is 0.640. The first kappa shape index (κ1) is 9.01. The van der Waals surface area contributed by atoms with Gasteiger partial charge in [-0.3, -0.25) is 0 Å². The van der Waals surface area contributed by atoms with Crippen molar-refractivity contribution in [3.8, 4) is 0 Å². The van der Waals surface area contributed by atoms with E-state index in [2.05, 4.69) is 19.2 Å². The van der Waals surface area contributed by atoms with Gasteiger partial charge in [0.15, 0.2) is 0 Å². The lowest BCUT2D eigenvalue weighted by atomic mass is 9.94. The molecule has 2 N–H and O–H groups in total. The summed E-state index contributed by atoms with van der Waals surface area (Å²) in [6, 6.07) is 0.569. The molecule has 0 unspecified atom stereocenters. The minimum Gasteiger partial charge on any atom is -0.396 e. The number of hydrogen-bond acceptors (Lipinski definition) is 2. The maximum absolute atomic E-state index is 9.01. The van der Waals surface area contributed by atoms with Crippen molar-refractivity contribution in [3.05, 3.63) is 0 Å². The Hall–Kier alpha value is -0.0800. The monoisotopic (exact) mass is 157 g/mol. The molecule has 0 saturated carbocycles. The molecule has 2 heteroatoms. The Morgan fingerprint density at radius 1 is 1.55 bits per heavy atom. The Labute approximate surface area is 69.0 Å². The summed E-state index contributed by atoms with van der Waals surface area (Å²) in [7, 11) is 0. The lowest BCUT2D eigenvalue weighted by Gasteiger charge is -2.19. The van der Waals surface area contributed by atoms with Gasteiger partial charge in [0.05, 0.1) is 0 Å². The van der Waals surface area contributed by atoms with Crippen molar-refractivity contribution < 1.29 is 5.11 Å². The molecule has 0 aromatic carbocycles. The molecular formula is C9H19NO. The Morgan fingerprint density at radius 3 is 2.82 bits per heavy atom. The van der Waals surface area contributed by atoms with E-state index in [4.69, 9.17) is 5.11 Å². The number of hydrogen-bond donors (Lipinski definition) is 2. The summed E-state index contributed by atoms with van der Waals surface area (Å²) >= 11 is 0. The lowest BCUT2D eigenvalue weighted by Crippen LogP contribution is -2.30. The molecule has 11 heavy (non-hydrogen) atoms. The average Bonchev–Trinajstić information content (AvgIpc) is 2.34. The molecule has 1 aliphatic heterocycles. The Morgan fingerprint density at radius 2 is 2.27 bits per heavy atom. The van der Waals surface area contributed by atoms with Crippen LogP contribution in [0.4, 0.5) is 0 Å². The second kappa shape index (κ2) is 4.07. The topological polar surface area (TPSA) is 32.3 Å². The van der Waals surface area contributed by atoms with Crippen molar-refractivity contribution in [2.24, 2.45) is 11.8 Å². The van der Waals surface area contributed by atoms with Crippen LogP contribution in [0.25, 0.3) is 0 Å². The molecule has 2 atom stereocenters. The van der Waals surface area contributed by atoms with E-state index in [9.17, 15) is 0 Å². The van der Waals surface area contributed by atoms with Crippen molar-refractivity contribution >= 4 is 0 Å². The van der Waals surface area contributed by atoms with Crippen molar-refractivity contribution in [1.29, 1.82) is 0 Å². The van der Waals surface area contributed by atoms with Gasteiger partial charge in [-0.15, -0.1) is 0 Å². The van der Waals surface area contributed by atoms with Gasteiger partial charge in [0.2, 0.25) is 0 Å². The highest BCUT2D eigenvalue weighted by Gasteiger charge is 2.25. The molecule has 0 bridgehead atoms. The second-order valence-electron chi connectivity index (χ2n) is 3.92. The van der Waals surface area contributed by atoms with Crippen LogP contribution in [0, 0.1) is 11.8 Å². The van der Waals surface area contributed by atoms with Crippen LogP contribution in [0.5, 0.6) is 0 Å². The first-order valence-electron chi connectivity index (χ1n) is 4.58. The minimum atomic E-state index is 0.352. The molecule has 0 radical (unpaired) electrons. The van der Waals surface area contributed by atoms with Gasteiger partial charge in [0.25, 0.3) is 0 Å². The van der Waals surface area contributed by atoms with Crippen LogP contribution in [0.2, 0.25) is 0 Å². The van der Waals surface area contributed by atoms with Gasteiger partial charge < -0.3 is 10.4 Å². The summed E-state index contributed by atoms with van der Waals surface area (Å²) in [5, 5.41) is 12.4. The molecule has 0 aromatic rings. The Balaban J connectivity index is 2.31. The van der Waals surface area contributed by atoms with E-state index in [1.807, 2.05) is 0 Å². The van der Waals surface area contributed by atoms with Gasteiger partial charge in [-0.1, -0.05) is 13.8 Å². The molecule has 66 valence electrons. The standard InChI is InChI=1S/C9H19NO/c1-7(2)5-9-8(6-11)3-4-10-9/h7-11H,3-6H2,1-2H3/t8-,9+/m1/s1. The molecule has 1 heterocycles. The van der Waals surface area contributed by atoms with Crippen LogP contribution in [-0.4, -0.2) is 24.3 Å². The first-order chi connectivity index (χ1) is 5.24. The van der Waals surface area contributed by atoms with E-state index >= 15 is 0 Å². The van der Waals surface area contributed by atoms with E-state index in [1.54, 1.807) is 0 Å². The fourth-order valence-electron chi connectivity index (χ4n) is 1.82. The molecule has 1 aliphatic rings. The zero-order valence-electron chi connectivity index (χ0n) is 7.51. The van der Waals surface area contributed by atoms with Crippen LogP contribution < -0.4 is 5.32 Å². The molecule has 1 rings (SSSR count). The molecule has 1 fully saturated rings. The summed E-state index contributed by atoms with van der Waals surface area (Å²) in [6.07, 6.45) is 2.35. The number of aliphatic hydroxyl groups excluding tert-OH is 1. The molecule has 0 spiro atoms. The maximum Gasteiger partial charge on any atom is 0.0474 e. The largest absolute Gasteiger partial charge is 0.396 e. The van der Waals surface area contributed by atoms with Crippen molar-refractivity contribution in [3.63, 3.8) is 0 Å². The van der Waals surface area contributed by atoms with E-state index in [-0.39, 0.29) is 0 Å². The van der Waals surface area contributed by atoms with Crippen LogP contribution >= 0.6 is 0 Å². The Bertz CT molecular complexity index is 114. The van der Waals surface area contributed by atoms with Gasteiger partial charge in [0.1, 0.15) is 0 Å². The normalized spacial score (nSPS) is 31.6. The SMILES string of the molecule is CC(C)C[C@@H]1NCC[C@@H]1CO. The zero-order chi connectivity index (χ0) is 8.27. The van der Waals surface area contributed by atoms with Crippen LogP contribution in [0.3, 0.4) is 0 Å². The van der Waals surface area contributed by atoms with Crippen LogP contribution in [-0.2, 0) is 0 Å². The van der Waals surface area contributed by atoms with Crippen LogP contribution in [0.15, 0.2) is 0 Å². The fraction of sp³-hybridized carbons (Fsp3) is 1.00. The highest BCUT2D eigenvalue weighted by atomic mass is 16.3. The number of aliphatic hydroxyl groups is 1. The molecule has 0 aromatic heterocycles. The lowest BCUT2D eigenvalue weighted by molar-refractivity contribution is 0.204. The third-order valence-electron chi connectivity index (χ3n) is 2.45. The van der Waals surface area contributed by atoms with E-state index in [1.165, 1.54) is 6.42 Å². The van der Waals surface area contributed by atoms with Gasteiger partial charge in [0, 0.05) is 12.6 Å². The molecular weight excluding hydrogens is 138 g/mol. The van der Waals surface area contributed by atoms with Gasteiger partial charge in [-0.05, 0) is 31.2 Å². The molecule has 0 amide bonds. The smallest absolute Gasteiger partial charge is 0.0474 e. The van der Waals surface area contributed by atoms with Crippen molar-refractivity contribution in [2.45, 2.75) is 32.7 Å². The fourth-order valence-corrected chi connectivity index (χ4v) is 1.82. The van der Waals surface area contributed by atoms with Crippen molar-refractivity contribution in [2.75, 3.05) is 13.2 Å². The predicted molar refractivity (Wildman–Crippen MR) is 46.4 cm³/mol. The third-order valence-corrected chi connectivity index (χ3v) is 2.45. The molecule has 2 nitrogen and oxygen atoms in total. The zero-order valence-corrected chi connectivity index (χ0v) is 7.51. The first-order valence-corrected chi connectivity index (χ1v) is 4.58. The van der Waals surface area contributed by atoms with Crippen LogP contribution in [0.1, 0.15) is 26.7 Å². The molecule has 0 aliphatic carbocycles. The van der Waals surface area contributed by atoms with Gasteiger partial charge in [-0.25, -0.2) is 0 Å². The third kappa shape index (κ3) is 2.46. The number of rotatable bonds is 3. The van der Waals surface area contributed by atoms with E-state index in [0.29, 0.717) is 18.6 Å². The summed E-state index contributed by atoms with van der Waals surface area (Å²) in [5.41, 5.74) is 0. The highest BCUT2D eigenvalue weighted by Crippen LogP contribution is 2.20. The van der Waals surface area contributed by atoms with Gasteiger partial charge >= 0.3 is 0 Å². The predicted octanol–water partition coefficient (Wildman–Crippen LogP) is 1.00. The highest BCUT2D eigenvalue weighted by molar-refractivity contribution is 4.83. The maximum atomic E-state index is 9.01. The summed E-state index contributed by atoms with van der Waals surface area (Å²) in [4.78, 5) is 0. The summed E-state index contributed by atoms with van der Waals surface area (Å²) < 4.78 is 0.